The molecule has 0 saturated heterocycles. The number of aryl methyl sites for hydroxylation is 2. The van der Waals surface area contributed by atoms with E-state index in [1.165, 1.54) is 0 Å². The zero-order valence-corrected chi connectivity index (χ0v) is 22.7. The van der Waals surface area contributed by atoms with E-state index >= 15 is 0 Å². The number of sulfone groups is 1. The van der Waals surface area contributed by atoms with Crippen molar-refractivity contribution in [1.29, 1.82) is 0 Å². The van der Waals surface area contributed by atoms with Crippen LogP contribution in [0.25, 0.3) is 22.6 Å². The maximum Gasteiger partial charge on any atom is 0.295 e. The standard InChI is InChI=1S/C28H29N7O3S/c1-15-23(24(19-6-7-19)32-14-31-15)25-30-13-21-27(34-25)35(16(2)18-4-5-18)28(36)26(33-21)29-12-17-3-8-22-20(11-17)9-10-39(22,37)38/h3,8,11,13-14,16,18-19H,4-7,9-10,12H2,1-2H3,(H,29,33). The van der Waals surface area contributed by atoms with Gasteiger partial charge in [0.15, 0.2) is 27.1 Å². The molecule has 10 nitrogen and oxygen atoms in total. The van der Waals surface area contributed by atoms with Gasteiger partial charge in [-0.3, -0.25) is 9.36 Å². The van der Waals surface area contributed by atoms with E-state index in [0.29, 0.717) is 46.7 Å². The van der Waals surface area contributed by atoms with Crippen molar-refractivity contribution in [3.63, 3.8) is 0 Å². The Labute approximate surface area is 225 Å². The van der Waals surface area contributed by atoms with Gasteiger partial charge in [0, 0.05) is 18.5 Å². The zero-order chi connectivity index (χ0) is 26.9. The molecule has 200 valence electrons. The van der Waals surface area contributed by atoms with Gasteiger partial charge in [0.2, 0.25) is 0 Å². The van der Waals surface area contributed by atoms with Crippen molar-refractivity contribution in [2.24, 2.45) is 5.92 Å². The summed E-state index contributed by atoms with van der Waals surface area (Å²) in [7, 11) is -3.18. The molecule has 1 atom stereocenters. The third-order valence-electron chi connectivity index (χ3n) is 8.16. The highest BCUT2D eigenvalue weighted by Gasteiger charge is 2.33. The average Bonchev–Trinajstić information content (AvgIpc) is 3.84. The molecule has 4 aromatic rings. The van der Waals surface area contributed by atoms with Gasteiger partial charge in [-0.2, -0.15) is 0 Å². The summed E-state index contributed by atoms with van der Waals surface area (Å²) in [6.07, 6.45) is 8.13. The molecular formula is C28H29N7O3S. The maximum absolute atomic E-state index is 13.8. The number of aromatic nitrogens is 6. The van der Waals surface area contributed by atoms with Gasteiger partial charge in [0.1, 0.15) is 11.8 Å². The second-order valence-electron chi connectivity index (χ2n) is 11.0. The molecule has 2 fully saturated rings. The van der Waals surface area contributed by atoms with Crippen LogP contribution in [0.1, 0.15) is 67.1 Å². The Morgan fingerprint density at radius 2 is 1.92 bits per heavy atom. The molecule has 3 aromatic heterocycles. The van der Waals surface area contributed by atoms with E-state index in [1.807, 2.05) is 13.0 Å². The van der Waals surface area contributed by atoms with Crippen molar-refractivity contribution < 1.29 is 8.42 Å². The fraction of sp³-hybridized carbons (Fsp3) is 0.429. The van der Waals surface area contributed by atoms with Gasteiger partial charge < -0.3 is 5.32 Å². The van der Waals surface area contributed by atoms with Crippen molar-refractivity contribution in [3.8, 4) is 11.4 Å². The summed E-state index contributed by atoms with van der Waals surface area (Å²) < 4.78 is 26.1. The van der Waals surface area contributed by atoms with E-state index in [0.717, 1.165) is 53.8 Å². The molecule has 2 aliphatic carbocycles. The lowest BCUT2D eigenvalue weighted by atomic mass is 10.1. The second-order valence-corrected chi connectivity index (χ2v) is 13.1. The first-order valence-electron chi connectivity index (χ1n) is 13.5. The van der Waals surface area contributed by atoms with Crippen LogP contribution in [-0.2, 0) is 22.8 Å². The summed E-state index contributed by atoms with van der Waals surface area (Å²) in [6, 6.07) is 5.32. The quantitative estimate of drug-likeness (QED) is 0.370. The van der Waals surface area contributed by atoms with Crippen LogP contribution in [0.4, 0.5) is 5.82 Å². The van der Waals surface area contributed by atoms with Gasteiger partial charge in [-0.15, -0.1) is 0 Å². The molecule has 11 heteroatoms. The summed E-state index contributed by atoms with van der Waals surface area (Å²) in [5, 5.41) is 3.21. The Kier molecular flexibility index (Phi) is 5.55. The van der Waals surface area contributed by atoms with Crippen LogP contribution in [0.2, 0.25) is 0 Å². The number of anilines is 1. The van der Waals surface area contributed by atoms with Crippen LogP contribution in [0.3, 0.4) is 0 Å². The van der Waals surface area contributed by atoms with Gasteiger partial charge in [-0.25, -0.2) is 33.3 Å². The Morgan fingerprint density at radius 1 is 1.10 bits per heavy atom. The van der Waals surface area contributed by atoms with E-state index in [1.54, 1.807) is 29.2 Å². The number of hydrogen-bond donors (Lipinski definition) is 1. The molecule has 0 bridgehead atoms. The SMILES string of the molecule is Cc1ncnc(C2CC2)c1-c1ncc2nc(NCc3ccc4c(c3)CCS4(=O)=O)c(=O)n(C(C)C3CC3)c2n1. The summed E-state index contributed by atoms with van der Waals surface area (Å²) in [5.41, 5.74) is 5.20. The van der Waals surface area contributed by atoms with Crippen molar-refractivity contribution in [3.05, 3.63) is 63.6 Å². The summed E-state index contributed by atoms with van der Waals surface area (Å²) in [4.78, 5) is 37.4. The Bertz CT molecular complexity index is 1810. The molecule has 3 aliphatic rings. The van der Waals surface area contributed by atoms with Crippen LogP contribution >= 0.6 is 0 Å². The van der Waals surface area contributed by atoms with Crippen LogP contribution < -0.4 is 10.9 Å². The minimum atomic E-state index is -3.18. The van der Waals surface area contributed by atoms with Crippen molar-refractivity contribution in [2.75, 3.05) is 11.1 Å². The lowest BCUT2D eigenvalue weighted by Gasteiger charge is -2.19. The van der Waals surface area contributed by atoms with Gasteiger partial charge in [-0.05, 0) is 69.1 Å². The van der Waals surface area contributed by atoms with E-state index in [-0.39, 0.29) is 23.2 Å². The summed E-state index contributed by atoms with van der Waals surface area (Å²) >= 11 is 0. The number of benzene rings is 1. The second kappa shape index (κ2) is 8.90. The minimum absolute atomic E-state index is 0.0347. The first-order valence-corrected chi connectivity index (χ1v) is 15.1. The lowest BCUT2D eigenvalue weighted by molar-refractivity contribution is 0.482. The first kappa shape index (κ1) is 24.3. The lowest BCUT2D eigenvalue weighted by Crippen LogP contribution is -2.29. The van der Waals surface area contributed by atoms with Crippen LogP contribution in [0.15, 0.2) is 40.4 Å². The van der Waals surface area contributed by atoms with E-state index in [2.05, 4.69) is 32.2 Å². The number of nitrogens with one attached hydrogen (secondary N) is 1. The minimum Gasteiger partial charge on any atom is -0.361 e. The highest BCUT2D eigenvalue weighted by molar-refractivity contribution is 7.91. The van der Waals surface area contributed by atoms with Crippen LogP contribution in [0.5, 0.6) is 0 Å². The predicted molar refractivity (Wildman–Crippen MR) is 146 cm³/mol. The molecule has 4 heterocycles. The molecule has 1 unspecified atom stereocenters. The topological polar surface area (TPSA) is 133 Å². The number of rotatable bonds is 7. The fourth-order valence-electron chi connectivity index (χ4n) is 5.62. The van der Waals surface area contributed by atoms with Gasteiger partial charge in [0.05, 0.1) is 33.8 Å². The monoisotopic (exact) mass is 543 g/mol. The normalized spacial score (nSPS) is 18.7. The first-order chi connectivity index (χ1) is 18.8. The molecule has 2 saturated carbocycles. The van der Waals surface area contributed by atoms with Crippen LogP contribution in [-0.4, -0.2) is 43.7 Å². The zero-order valence-electron chi connectivity index (χ0n) is 21.9. The van der Waals surface area contributed by atoms with Gasteiger partial charge in [-0.1, -0.05) is 12.1 Å². The maximum atomic E-state index is 13.8. The Hall–Kier alpha value is -3.73. The average molecular weight is 544 g/mol. The van der Waals surface area contributed by atoms with E-state index in [4.69, 9.17) is 4.98 Å². The Morgan fingerprint density at radius 3 is 2.69 bits per heavy atom. The Balaban J connectivity index is 1.29. The number of nitrogens with zero attached hydrogens (tertiary/aromatic N) is 6. The number of fused-ring (bicyclic) bond motifs is 2. The molecule has 0 radical (unpaired) electrons. The largest absolute Gasteiger partial charge is 0.361 e. The predicted octanol–water partition coefficient (Wildman–Crippen LogP) is 3.74. The van der Waals surface area contributed by atoms with E-state index < -0.39 is 9.84 Å². The molecule has 7 rings (SSSR count). The van der Waals surface area contributed by atoms with E-state index in [9.17, 15) is 13.2 Å². The highest BCUT2D eigenvalue weighted by Crippen LogP contribution is 2.43. The molecule has 1 aliphatic heterocycles. The molecule has 0 spiro atoms. The summed E-state index contributed by atoms with van der Waals surface area (Å²) in [6.45, 7) is 4.36. The molecule has 39 heavy (non-hydrogen) atoms. The third kappa shape index (κ3) is 4.28. The highest BCUT2D eigenvalue weighted by atomic mass is 32.2. The third-order valence-corrected chi connectivity index (χ3v) is 9.97. The molecule has 1 N–H and O–H groups in total. The van der Waals surface area contributed by atoms with Crippen LogP contribution in [0, 0.1) is 12.8 Å². The molecule has 0 amide bonds. The van der Waals surface area contributed by atoms with Gasteiger partial charge in [0.25, 0.3) is 5.56 Å². The van der Waals surface area contributed by atoms with Crippen molar-refractivity contribution in [2.45, 2.75) is 69.4 Å². The molecular weight excluding hydrogens is 514 g/mol. The summed E-state index contributed by atoms with van der Waals surface area (Å²) in [5.74, 6) is 1.72. The smallest absolute Gasteiger partial charge is 0.295 e. The number of hydrogen-bond acceptors (Lipinski definition) is 9. The molecule has 1 aromatic carbocycles. The van der Waals surface area contributed by atoms with Crippen molar-refractivity contribution >= 4 is 26.8 Å². The van der Waals surface area contributed by atoms with Crippen molar-refractivity contribution in [1.82, 2.24) is 29.5 Å². The van der Waals surface area contributed by atoms with Gasteiger partial charge >= 0.3 is 0 Å². The fourth-order valence-corrected chi connectivity index (χ4v) is 7.16.